The lowest BCUT2D eigenvalue weighted by Gasteiger charge is -2.12. The molecule has 164 valence electrons. The van der Waals surface area contributed by atoms with Gasteiger partial charge in [-0.05, 0) is 83.5 Å². The van der Waals surface area contributed by atoms with Gasteiger partial charge >= 0.3 is 5.97 Å². The minimum absolute atomic E-state index is 0.0456. The summed E-state index contributed by atoms with van der Waals surface area (Å²) in [5.74, 6) is 0.00199. The van der Waals surface area contributed by atoms with Crippen molar-refractivity contribution in [2.75, 3.05) is 19.8 Å². The number of carbonyl (C=O) groups excluding carboxylic acids is 2. The second-order valence-corrected chi connectivity index (χ2v) is 8.33. The first-order valence-corrected chi connectivity index (χ1v) is 11.4. The summed E-state index contributed by atoms with van der Waals surface area (Å²) < 4.78 is 11.1. The predicted molar refractivity (Wildman–Crippen MR) is 128 cm³/mol. The number of hydrogen-bond donors (Lipinski definition) is 0. The topological polar surface area (TPSA) is 92.0 Å². The van der Waals surface area contributed by atoms with Crippen molar-refractivity contribution in [1.82, 2.24) is 4.90 Å². The summed E-state index contributed by atoms with van der Waals surface area (Å²) in [4.78, 5) is 31.6. The first kappa shape index (κ1) is 23.6. The molecular weight excluding hydrogens is 494 g/mol. The highest BCUT2D eigenvalue weighted by Gasteiger charge is 2.32. The Balaban J connectivity index is 1.86. The van der Waals surface area contributed by atoms with Gasteiger partial charge in [-0.2, -0.15) is 5.26 Å². The number of nitrogens with zero attached hydrogens (tertiary/aromatic N) is 3. The van der Waals surface area contributed by atoms with E-state index in [9.17, 15) is 9.59 Å². The van der Waals surface area contributed by atoms with E-state index < -0.39 is 5.97 Å². The van der Waals surface area contributed by atoms with Gasteiger partial charge in [0, 0.05) is 6.54 Å². The zero-order valence-electron chi connectivity index (χ0n) is 17.5. The molecule has 1 fully saturated rings. The highest BCUT2D eigenvalue weighted by molar-refractivity contribution is 9.10. The fraction of sp³-hybridized carbons (Fsp3) is 0.217. The lowest BCUT2D eigenvalue weighted by Crippen LogP contribution is -2.28. The van der Waals surface area contributed by atoms with Gasteiger partial charge in [0.1, 0.15) is 11.8 Å². The van der Waals surface area contributed by atoms with Gasteiger partial charge in [0.05, 0.1) is 27.2 Å². The van der Waals surface area contributed by atoms with Crippen LogP contribution in [0.1, 0.15) is 29.8 Å². The molecule has 1 aliphatic rings. The van der Waals surface area contributed by atoms with Gasteiger partial charge in [-0.15, -0.1) is 0 Å². The fourth-order valence-electron chi connectivity index (χ4n) is 2.88. The SMILES string of the molecule is CCOC(=O)c1cccc(N=C2SC(=Cc3ccc(OCC#N)c(Br)c3)C(=O)N2CC)c1. The number of ether oxygens (including phenoxy) is 2. The number of rotatable bonds is 7. The zero-order valence-corrected chi connectivity index (χ0v) is 19.9. The van der Waals surface area contributed by atoms with Crippen molar-refractivity contribution < 1.29 is 19.1 Å². The number of thioether (sulfide) groups is 1. The van der Waals surface area contributed by atoms with Gasteiger partial charge < -0.3 is 9.47 Å². The number of hydrogen-bond acceptors (Lipinski definition) is 7. The summed E-state index contributed by atoms with van der Waals surface area (Å²) in [5, 5.41) is 9.20. The van der Waals surface area contributed by atoms with Crippen LogP contribution in [0.15, 0.2) is 56.8 Å². The number of benzene rings is 2. The molecule has 7 nitrogen and oxygen atoms in total. The summed E-state index contributed by atoms with van der Waals surface area (Å²) >= 11 is 4.70. The van der Waals surface area contributed by atoms with Crippen LogP contribution in [0, 0.1) is 11.3 Å². The van der Waals surface area contributed by atoms with Crippen molar-refractivity contribution in [2.45, 2.75) is 13.8 Å². The maximum atomic E-state index is 12.9. The number of amides is 1. The molecule has 9 heteroatoms. The molecule has 1 aliphatic heterocycles. The number of halogens is 1. The van der Waals surface area contributed by atoms with Crippen LogP contribution in [0.25, 0.3) is 6.08 Å². The molecule has 0 N–H and O–H groups in total. The molecule has 32 heavy (non-hydrogen) atoms. The molecule has 1 heterocycles. The highest BCUT2D eigenvalue weighted by Crippen LogP contribution is 2.35. The number of amidine groups is 1. The van der Waals surface area contributed by atoms with Crippen LogP contribution < -0.4 is 4.74 Å². The largest absolute Gasteiger partial charge is 0.478 e. The van der Waals surface area contributed by atoms with Crippen molar-refractivity contribution in [3.05, 3.63) is 63.0 Å². The average Bonchev–Trinajstić information content (AvgIpc) is 3.07. The van der Waals surface area contributed by atoms with Crippen LogP contribution in [-0.2, 0) is 9.53 Å². The normalized spacial score (nSPS) is 15.8. The highest BCUT2D eigenvalue weighted by atomic mass is 79.9. The van der Waals surface area contributed by atoms with Gasteiger partial charge in [-0.3, -0.25) is 9.69 Å². The average molecular weight is 514 g/mol. The number of carbonyl (C=O) groups is 2. The van der Waals surface area contributed by atoms with Crippen LogP contribution >= 0.6 is 27.7 Å². The molecule has 0 saturated carbocycles. The van der Waals surface area contributed by atoms with E-state index in [1.165, 1.54) is 11.8 Å². The minimum atomic E-state index is -0.412. The van der Waals surface area contributed by atoms with E-state index in [-0.39, 0.29) is 12.5 Å². The Morgan fingerprint density at radius 3 is 2.78 bits per heavy atom. The Hall–Kier alpha value is -3.09. The van der Waals surface area contributed by atoms with Gasteiger partial charge in [-0.1, -0.05) is 12.1 Å². The van der Waals surface area contributed by atoms with E-state index in [0.717, 1.165) is 5.56 Å². The molecule has 1 saturated heterocycles. The summed E-state index contributed by atoms with van der Waals surface area (Å²) in [5.41, 5.74) is 1.77. The quantitative estimate of drug-likeness (QED) is 0.375. The van der Waals surface area contributed by atoms with Gasteiger partial charge in [-0.25, -0.2) is 9.79 Å². The van der Waals surface area contributed by atoms with Crippen molar-refractivity contribution in [2.24, 2.45) is 4.99 Å². The molecule has 0 bridgehead atoms. The molecule has 0 unspecified atom stereocenters. The number of nitriles is 1. The molecule has 0 atom stereocenters. The van der Waals surface area contributed by atoms with Crippen molar-refractivity contribution in [3.8, 4) is 11.8 Å². The molecular formula is C23H20BrN3O4S. The van der Waals surface area contributed by atoms with Crippen LogP contribution in [0.4, 0.5) is 5.69 Å². The van der Waals surface area contributed by atoms with Crippen LogP contribution in [-0.4, -0.2) is 41.7 Å². The number of likely N-dealkylation sites (N-methyl/N-ethyl adjacent to an activating group) is 1. The van der Waals surface area contributed by atoms with E-state index in [1.807, 2.05) is 25.1 Å². The Kier molecular flexibility index (Phi) is 8.09. The van der Waals surface area contributed by atoms with Crippen molar-refractivity contribution in [3.63, 3.8) is 0 Å². The van der Waals surface area contributed by atoms with Crippen molar-refractivity contribution >= 4 is 56.5 Å². The molecule has 0 radical (unpaired) electrons. The third-order valence-electron chi connectivity index (χ3n) is 4.33. The molecule has 0 aromatic heterocycles. The third-order valence-corrected chi connectivity index (χ3v) is 5.96. The van der Waals surface area contributed by atoms with E-state index in [0.29, 0.717) is 44.7 Å². The molecule has 0 aliphatic carbocycles. The smallest absolute Gasteiger partial charge is 0.338 e. The summed E-state index contributed by atoms with van der Waals surface area (Å²) in [6.45, 7) is 4.34. The fourth-order valence-corrected chi connectivity index (χ4v) is 4.46. The Labute approximate surface area is 198 Å². The summed E-state index contributed by atoms with van der Waals surface area (Å²) in [6.07, 6.45) is 1.78. The molecule has 0 spiro atoms. The first-order chi connectivity index (χ1) is 15.5. The Bertz CT molecular complexity index is 1140. The van der Waals surface area contributed by atoms with Gasteiger partial charge in [0.2, 0.25) is 0 Å². The maximum absolute atomic E-state index is 12.9. The maximum Gasteiger partial charge on any atom is 0.338 e. The lowest BCUT2D eigenvalue weighted by molar-refractivity contribution is -0.122. The zero-order chi connectivity index (χ0) is 23.1. The number of aliphatic imine (C=N–C) groups is 1. The van der Waals surface area contributed by atoms with E-state index >= 15 is 0 Å². The van der Waals surface area contributed by atoms with Gasteiger partial charge in [0.25, 0.3) is 5.91 Å². The van der Waals surface area contributed by atoms with E-state index in [2.05, 4.69) is 20.9 Å². The molecule has 3 rings (SSSR count). The molecule has 2 aromatic rings. The van der Waals surface area contributed by atoms with Crippen LogP contribution in [0.2, 0.25) is 0 Å². The predicted octanol–water partition coefficient (Wildman–Crippen LogP) is 5.15. The summed E-state index contributed by atoms with van der Waals surface area (Å²) in [6, 6.07) is 14.1. The third kappa shape index (κ3) is 5.58. The second-order valence-electron chi connectivity index (χ2n) is 6.46. The van der Waals surface area contributed by atoms with Crippen LogP contribution in [0.3, 0.4) is 0 Å². The lowest BCUT2D eigenvalue weighted by atomic mass is 10.2. The Morgan fingerprint density at radius 1 is 1.28 bits per heavy atom. The van der Waals surface area contributed by atoms with E-state index in [4.69, 9.17) is 14.7 Å². The second kappa shape index (κ2) is 11.0. The first-order valence-electron chi connectivity index (χ1n) is 9.83. The van der Waals surface area contributed by atoms with Crippen molar-refractivity contribution in [1.29, 1.82) is 5.26 Å². The summed E-state index contributed by atoms with van der Waals surface area (Å²) in [7, 11) is 0. The minimum Gasteiger partial charge on any atom is -0.478 e. The standard InChI is InChI=1S/C23H20BrN3O4S/c1-3-27-21(28)20(13-15-8-9-19(18(24)12-15)31-11-10-25)32-23(27)26-17-7-5-6-16(14-17)22(29)30-4-2/h5-9,12-14H,3-4,11H2,1-2H3. The monoisotopic (exact) mass is 513 g/mol. The number of esters is 1. The van der Waals surface area contributed by atoms with Gasteiger partial charge in [0.15, 0.2) is 11.8 Å². The Morgan fingerprint density at radius 2 is 2.09 bits per heavy atom. The van der Waals surface area contributed by atoms with Crippen LogP contribution in [0.5, 0.6) is 5.75 Å². The molecule has 2 aromatic carbocycles. The molecule has 1 amide bonds. The van der Waals surface area contributed by atoms with E-state index in [1.54, 1.807) is 48.2 Å².